The smallest absolute Gasteiger partial charge is 0.404 e. The van der Waals surface area contributed by atoms with E-state index in [1.807, 2.05) is 0 Å². The zero-order chi connectivity index (χ0) is 8.36. The molecule has 6 heteroatoms. The lowest BCUT2D eigenvalue weighted by atomic mass is 10.1. The van der Waals surface area contributed by atoms with Gasteiger partial charge < -0.3 is 10.2 Å². The molecule has 0 spiro atoms. The van der Waals surface area contributed by atoms with Crippen molar-refractivity contribution in [2.75, 3.05) is 6.61 Å². The van der Waals surface area contributed by atoms with Gasteiger partial charge in [0.25, 0.3) is 0 Å². The molecule has 1 unspecified atom stereocenters. The van der Waals surface area contributed by atoms with Crippen LogP contribution in [-0.4, -0.2) is 29.0 Å². The Hall–Kier alpha value is -0.780. The maximum Gasteiger partial charge on any atom is 0.404 e. The standard InChI is InChI=1S/C4H5F3O3/c5-4(6,7)2(1-8)3(9)10/h2,8H,1H2,(H,9,10). The molecule has 0 aliphatic heterocycles. The molecule has 0 aliphatic carbocycles. The number of aliphatic hydroxyl groups excluding tert-OH is 1. The van der Waals surface area contributed by atoms with Crippen molar-refractivity contribution in [1.82, 2.24) is 0 Å². The molecule has 0 bridgehead atoms. The SMILES string of the molecule is O=C(O)C(CO)C(F)(F)F. The molecule has 0 amide bonds. The Bertz CT molecular complexity index is 130. The quantitative estimate of drug-likeness (QED) is 0.605. The number of aliphatic carboxylic acids is 1. The van der Waals surface area contributed by atoms with Gasteiger partial charge in [0.2, 0.25) is 0 Å². The summed E-state index contributed by atoms with van der Waals surface area (Å²) in [6, 6.07) is 0. The molecule has 0 rings (SSSR count). The molecule has 0 aliphatic rings. The zero-order valence-corrected chi connectivity index (χ0v) is 4.72. The number of carbonyl (C=O) groups is 1. The van der Waals surface area contributed by atoms with Gasteiger partial charge in [-0.15, -0.1) is 0 Å². The Labute approximate surface area is 54.1 Å². The molecule has 2 N–H and O–H groups in total. The normalized spacial score (nSPS) is 14.8. The van der Waals surface area contributed by atoms with E-state index in [9.17, 15) is 18.0 Å². The lowest BCUT2D eigenvalue weighted by molar-refractivity contribution is -0.199. The summed E-state index contributed by atoms with van der Waals surface area (Å²) < 4.78 is 34.3. The molecule has 60 valence electrons. The molecule has 10 heavy (non-hydrogen) atoms. The van der Waals surface area contributed by atoms with Crippen LogP contribution < -0.4 is 0 Å². The van der Waals surface area contributed by atoms with E-state index in [0.29, 0.717) is 0 Å². The Kier molecular flexibility index (Phi) is 2.65. The number of carboxylic acid groups (broad SMARTS) is 1. The van der Waals surface area contributed by atoms with E-state index in [4.69, 9.17) is 10.2 Å². The van der Waals surface area contributed by atoms with Crippen LogP contribution in [0.15, 0.2) is 0 Å². The highest BCUT2D eigenvalue weighted by atomic mass is 19.4. The number of rotatable bonds is 2. The highest BCUT2D eigenvalue weighted by Gasteiger charge is 2.44. The van der Waals surface area contributed by atoms with Crippen LogP contribution in [0, 0.1) is 5.92 Å². The number of aliphatic hydroxyl groups is 1. The van der Waals surface area contributed by atoms with Gasteiger partial charge >= 0.3 is 12.1 Å². The predicted octanol–water partition coefficient (Wildman–Crippen LogP) is 0.242. The van der Waals surface area contributed by atoms with E-state index in [0.717, 1.165) is 0 Å². The summed E-state index contributed by atoms with van der Waals surface area (Å²) in [5.41, 5.74) is 0. The van der Waals surface area contributed by atoms with Crippen molar-refractivity contribution in [3.63, 3.8) is 0 Å². The largest absolute Gasteiger partial charge is 0.481 e. The third-order valence-corrected chi connectivity index (χ3v) is 0.876. The molecule has 0 aromatic heterocycles. The zero-order valence-electron chi connectivity index (χ0n) is 4.72. The van der Waals surface area contributed by atoms with Crippen molar-refractivity contribution in [2.24, 2.45) is 5.92 Å². The molecule has 0 radical (unpaired) electrons. The molecular formula is C4H5F3O3. The van der Waals surface area contributed by atoms with E-state index >= 15 is 0 Å². The van der Waals surface area contributed by atoms with Crippen molar-refractivity contribution in [3.8, 4) is 0 Å². The van der Waals surface area contributed by atoms with Crippen LogP contribution >= 0.6 is 0 Å². The highest BCUT2D eigenvalue weighted by molar-refractivity contribution is 5.70. The summed E-state index contributed by atoms with van der Waals surface area (Å²) in [6.07, 6.45) is -4.86. The Morgan fingerprint density at radius 1 is 1.50 bits per heavy atom. The molecular weight excluding hydrogens is 153 g/mol. The maximum absolute atomic E-state index is 11.4. The monoisotopic (exact) mass is 158 g/mol. The summed E-state index contributed by atoms with van der Waals surface area (Å²) in [4.78, 5) is 9.70. The molecule has 0 fully saturated rings. The molecule has 1 atom stereocenters. The van der Waals surface area contributed by atoms with E-state index in [1.54, 1.807) is 0 Å². The fourth-order valence-electron chi connectivity index (χ4n) is 0.322. The van der Waals surface area contributed by atoms with Crippen molar-refractivity contribution in [2.45, 2.75) is 6.18 Å². The van der Waals surface area contributed by atoms with Crippen molar-refractivity contribution >= 4 is 5.97 Å². The third-order valence-electron chi connectivity index (χ3n) is 0.876. The topological polar surface area (TPSA) is 57.5 Å². The first-order chi connectivity index (χ1) is 4.39. The third kappa shape index (κ3) is 2.22. The Balaban J connectivity index is 4.22. The lowest BCUT2D eigenvalue weighted by Crippen LogP contribution is -2.33. The van der Waals surface area contributed by atoms with Crippen LogP contribution in [0.5, 0.6) is 0 Å². The minimum absolute atomic E-state index is 1.42. The lowest BCUT2D eigenvalue weighted by Gasteiger charge is -2.11. The summed E-state index contributed by atoms with van der Waals surface area (Å²) >= 11 is 0. The van der Waals surface area contributed by atoms with Gasteiger partial charge in [0, 0.05) is 0 Å². The summed E-state index contributed by atoms with van der Waals surface area (Å²) in [6.45, 7) is -1.42. The van der Waals surface area contributed by atoms with Crippen LogP contribution in [0.3, 0.4) is 0 Å². The molecule has 0 aromatic carbocycles. The van der Waals surface area contributed by atoms with Gasteiger partial charge in [-0.1, -0.05) is 0 Å². The molecule has 0 aromatic rings. The van der Waals surface area contributed by atoms with Crippen molar-refractivity contribution in [1.29, 1.82) is 0 Å². The predicted molar refractivity (Wildman–Crippen MR) is 24.3 cm³/mol. The average molecular weight is 158 g/mol. The van der Waals surface area contributed by atoms with E-state index < -0.39 is 24.7 Å². The van der Waals surface area contributed by atoms with Gasteiger partial charge in [-0.05, 0) is 0 Å². The Morgan fingerprint density at radius 2 is 1.90 bits per heavy atom. The van der Waals surface area contributed by atoms with Crippen molar-refractivity contribution in [3.05, 3.63) is 0 Å². The van der Waals surface area contributed by atoms with Crippen LogP contribution in [0.1, 0.15) is 0 Å². The van der Waals surface area contributed by atoms with Crippen LogP contribution in [0.4, 0.5) is 13.2 Å². The number of carboxylic acids is 1. The fraction of sp³-hybridized carbons (Fsp3) is 0.750. The van der Waals surface area contributed by atoms with Gasteiger partial charge in [-0.2, -0.15) is 13.2 Å². The van der Waals surface area contributed by atoms with Gasteiger partial charge in [0.05, 0.1) is 6.61 Å². The molecule has 0 saturated carbocycles. The van der Waals surface area contributed by atoms with E-state index in [2.05, 4.69) is 0 Å². The van der Waals surface area contributed by atoms with Gasteiger partial charge in [0.1, 0.15) is 0 Å². The van der Waals surface area contributed by atoms with Gasteiger partial charge in [-0.25, -0.2) is 0 Å². The summed E-state index contributed by atoms with van der Waals surface area (Å²) in [5, 5.41) is 15.8. The van der Waals surface area contributed by atoms with E-state index in [1.165, 1.54) is 0 Å². The first-order valence-corrected chi connectivity index (χ1v) is 2.30. The van der Waals surface area contributed by atoms with Gasteiger partial charge in [-0.3, -0.25) is 4.79 Å². The second-order valence-corrected chi connectivity index (χ2v) is 1.62. The van der Waals surface area contributed by atoms with E-state index in [-0.39, 0.29) is 0 Å². The van der Waals surface area contributed by atoms with Crippen LogP contribution in [0.2, 0.25) is 0 Å². The minimum Gasteiger partial charge on any atom is -0.481 e. The first-order valence-electron chi connectivity index (χ1n) is 2.30. The second kappa shape index (κ2) is 2.87. The number of alkyl halides is 3. The minimum atomic E-state index is -4.86. The highest BCUT2D eigenvalue weighted by Crippen LogP contribution is 2.25. The maximum atomic E-state index is 11.4. The van der Waals surface area contributed by atoms with Crippen LogP contribution in [-0.2, 0) is 4.79 Å². The Morgan fingerprint density at radius 3 is 1.90 bits per heavy atom. The number of hydrogen-bond donors (Lipinski definition) is 2. The molecule has 3 nitrogen and oxygen atoms in total. The van der Waals surface area contributed by atoms with Crippen molar-refractivity contribution < 1.29 is 28.2 Å². The average Bonchev–Trinajstić information content (AvgIpc) is 1.60. The van der Waals surface area contributed by atoms with Crippen LogP contribution in [0.25, 0.3) is 0 Å². The number of hydrogen-bond acceptors (Lipinski definition) is 2. The summed E-state index contributed by atoms with van der Waals surface area (Å²) in [5.74, 6) is -4.72. The summed E-state index contributed by atoms with van der Waals surface area (Å²) in [7, 11) is 0. The first kappa shape index (κ1) is 9.22. The van der Waals surface area contributed by atoms with Gasteiger partial charge in [0.15, 0.2) is 5.92 Å². The fourth-order valence-corrected chi connectivity index (χ4v) is 0.322. The number of halogens is 3. The molecule has 0 saturated heterocycles. The molecule has 0 heterocycles. The second-order valence-electron chi connectivity index (χ2n) is 1.62.